The third-order valence-electron chi connectivity index (χ3n) is 4.30. The van der Waals surface area contributed by atoms with Crippen molar-refractivity contribution in [3.05, 3.63) is 90.3 Å². The molecule has 0 aliphatic rings. The summed E-state index contributed by atoms with van der Waals surface area (Å²) >= 11 is 0. The van der Waals surface area contributed by atoms with Crippen LogP contribution in [0, 0.1) is 0 Å². The number of rotatable bonds is 7. The molecule has 7 heteroatoms. The van der Waals surface area contributed by atoms with E-state index in [0.717, 1.165) is 0 Å². The summed E-state index contributed by atoms with van der Waals surface area (Å²) in [5.74, 6) is 0.274. The minimum absolute atomic E-state index is 0.0756. The molecule has 1 amide bonds. The molecule has 0 saturated heterocycles. The van der Waals surface area contributed by atoms with Crippen LogP contribution in [0.5, 0.6) is 5.75 Å². The van der Waals surface area contributed by atoms with Crippen LogP contribution in [0.2, 0.25) is 0 Å². The minimum atomic E-state index is -3.72. The fourth-order valence-electron chi connectivity index (χ4n) is 2.78. The molecular weight excluding hydrogens is 376 g/mol. The van der Waals surface area contributed by atoms with Crippen molar-refractivity contribution in [2.45, 2.75) is 10.1 Å². The summed E-state index contributed by atoms with van der Waals surface area (Å²) in [4.78, 5) is 16.7. The van der Waals surface area contributed by atoms with Crippen molar-refractivity contribution in [1.82, 2.24) is 10.3 Å². The molecule has 0 spiro atoms. The molecule has 2 aromatic carbocycles. The Morgan fingerprint density at radius 3 is 2.36 bits per heavy atom. The number of hydrogen-bond acceptors (Lipinski definition) is 5. The second-order valence-electron chi connectivity index (χ2n) is 6.07. The fraction of sp³-hybridized carbons (Fsp3) is 0.143. The Morgan fingerprint density at radius 1 is 1.04 bits per heavy atom. The van der Waals surface area contributed by atoms with E-state index in [0.29, 0.717) is 16.9 Å². The minimum Gasteiger partial charge on any atom is -0.497 e. The summed E-state index contributed by atoms with van der Waals surface area (Å²) in [5, 5.41) is 1.77. The number of carbonyl (C=O) groups is 1. The maximum absolute atomic E-state index is 13.2. The van der Waals surface area contributed by atoms with Crippen LogP contribution in [0.1, 0.15) is 21.2 Å². The highest BCUT2D eigenvalue weighted by Gasteiger charge is 2.29. The lowest BCUT2D eigenvalue weighted by atomic mass is 10.2. The SMILES string of the molecule is COc1ccc(C(=O)NCC(c2cccnc2)S(=O)(=O)c2ccccc2)cc1. The maximum atomic E-state index is 13.2. The van der Waals surface area contributed by atoms with Gasteiger partial charge in [0.15, 0.2) is 9.84 Å². The van der Waals surface area contributed by atoms with Crippen LogP contribution in [-0.4, -0.2) is 33.0 Å². The number of methoxy groups -OCH3 is 1. The Balaban J connectivity index is 1.85. The number of nitrogens with one attached hydrogen (secondary N) is 1. The number of nitrogens with zero attached hydrogens (tertiary/aromatic N) is 1. The lowest BCUT2D eigenvalue weighted by Gasteiger charge is -2.19. The molecule has 0 bridgehead atoms. The van der Waals surface area contributed by atoms with Gasteiger partial charge in [-0.3, -0.25) is 9.78 Å². The van der Waals surface area contributed by atoms with Gasteiger partial charge in [0.1, 0.15) is 11.0 Å². The summed E-state index contributed by atoms with van der Waals surface area (Å²) in [6.45, 7) is -0.0756. The third kappa shape index (κ3) is 4.37. The Labute approximate surface area is 164 Å². The number of benzene rings is 2. The van der Waals surface area contributed by atoms with Gasteiger partial charge < -0.3 is 10.1 Å². The van der Waals surface area contributed by atoms with Gasteiger partial charge in [-0.25, -0.2) is 8.42 Å². The number of ether oxygens (including phenoxy) is 1. The Kier molecular flexibility index (Phi) is 6.06. The number of pyridine rings is 1. The monoisotopic (exact) mass is 396 g/mol. The van der Waals surface area contributed by atoms with E-state index < -0.39 is 15.1 Å². The van der Waals surface area contributed by atoms with Crippen molar-refractivity contribution in [2.75, 3.05) is 13.7 Å². The molecule has 1 N–H and O–H groups in total. The van der Waals surface area contributed by atoms with Gasteiger partial charge in [0, 0.05) is 24.5 Å². The number of sulfone groups is 1. The normalized spacial score (nSPS) is 12.2. The van der Waals surface area contributed by atoms with Crippen LogP contribution in [0.25, 0.3) is 0 Å². The zero-order chi connectivity index (χ0) is 20.0. The number of carbonyl (C=O) groups excluding carboxylic acids is 1. The van der Waals surface area contributed by atoms with E-state index >= 15 is 0 Å². The Hall–Kier alpha value is -3.19. The topological polar surface area (TPSA) is 85.4 Å². The number of aromatic nitrogens is 1. The summed E-state index contributed by atoms with van der Waals surface area (Å²) in [6, 6.07) is 18.1. The largest absolute Gasteiger partial charge is 0.497 e. The molecule has 1 heterocycles. The molecule has 1 atom stereocenters. The first-order valence-electron chi connectivity index (χ1n) is 8.63. The van der Waals surface area contributed by atoms with Crippen molar-refractivity contribution in [3.8, 4) is 5.75 Å². The van der Waals surface area contributed by atoms with Gasteiger partial charge in [-0.15, -0.1) is 0 Å². The van der Waals surface area contributed by atoms with E-state index in [-0.39, 0.29) is 17.3 Å². The second kappa shape index (κ2) is 8.67. The van der Waals surface area contributed by atoms with Crippen molar-refractivity contribution in [1.29, 1.82) is 0 Å². The van der Waals surface area contributed by atoms with Crippen molar-refractivity contribution < 1.29 is 17.9 Å². The van der Waals surface area contributed by atoms with Gasteiger partial charge in [0.05, 0.1) is 12.0 Å². The molecule has 3 rings (SSSR count). The molecule has 3 aromatic rings. The molecule has 0 saturated carbocycles. The molecule has 144 valence electrons. The summed E-state index contributed by atoms with van der Waals surface area (Å²) in [6.07, 6.45) is 3.08. The van der Waals surface area contributed by atoms with Crippen LogP contribution < -0.4 is 10.1 Å². The van der Waals surface area contributed by atoms with Crippen LogP contribution in [-0.2, 0) is 9.84 Å². The first-order chi connectivity index (χ1) is 13.5. The third-order valence-corrected chi connectivity index (χ3v) is 6.42. The van der Waals surface area contributed by atoms with Gasteiger partial charge >= 0.3 is 0 Å². The highest BCUT2D eigenvalue weighted by molar-refractivity contribution is 7.91. The van der Waals surface area contributed by atoms with Gasteiger partial charge in [0.2, 0.25) is 0 Å². The maximum Gasteiger partial charge on any atom is 0.251 e. The number of hydrogen-bond donors (Lipinski definition) is 1. The van der Waals surface area contributed by atoms with Gasteiger partial charge in [-0.2, -0.15) is 0 Å². The summed E-state index contributed by atoms with van der Waals surface area (Å²) in [5.41, 5.74) is 0.934. The predicted octanol–water partition coefficient (Wildman–Crippen LogP) is 3.04. The van der Waals surface area contributed by atoms with Crippen LogP contribution >= 0.6 is 0 Å². The highest BCUT2D eigenvalue weighted by atomic mass is 32.2. The second-order valence-corrected chi connectivity index (χ2v) is 8.20. The first-order valence-corrected chi connectivity index (χ1v) is 10.2. The van der Waals surface area contributed by atoms with E-state index in [1.54, 1.807) is 80.0 Å². The van der Waals surface area contributed by atoms with Gasteiger partial charge in [0.25, 0.3) is 5.91 Å². The van der Waals surface area contributed by atoms with Crippen LogP contribution in [0.15, 0.2) is 84.0 Å². The molecule has 6 nitrogen and oxygen atoms in total. The molecular formula is C21H20N2O4S. The zero-order valence-electron chi connectivity index (χ0n) is 15.3. The average Bonchev–Trinajstić information content (AvgIpc) is 2.75. The Morgan fingerprint density at radius 2 is 1.75 bits per heavy atom. The molecule has 0 radical (unpaired) electrons. The van der Waals surface area contributed by atoms with E-state index in [4.69, 9.17) is 4.74 Å². The molecule has 0 aliphatic heterocycles. The van der Waals surface area contributed by atoms with Crippen LogP contribution in [0.4, 0.5) is 0 Å². The number of amides is 1. The smallest absolute Gasteiger partial charge is 0.251 e. The Bertz CT molecular complexity index is 1020. The standard InChI is InChI=1S/C21H20N2O4S/c1-27-18-11-9-16(10-12-18)21(24)23-15-20(17-6-5-13-22-14-17)28(25,26)19-7-3-2-4-8-19/h2-14,20H,15H2,1H3,(H,23,24). The zero-order valence-corrected chi connectivity index (χ0v) is 16.1. The van der Waals surface area contributed by atoms with Crippen LogP contribution in [0.3, 0.4) is 0 Å². The van der Waals surface area contributed by atoms with E-state index in [1.807, 2.05) is 0 Å². The fourth-order valence-corrected chi connectivity index (χ4v) is 4.44. The van der Waals surface area contributed by atoms with E-state index in [9.17, 15) is 13.2 Å². The van der Waals surface area contributed by atoms with Crippen molar-refractivity contribution in [2.24, 2.45) is 0 Å². The van der Waals surface area contributed by atoms with Gasteiger partial charge in [-0.05, 0) is 48.0 Å². The van der Waals surface area contributed by atoms with E-state index in [2.05, 4.69) is 10.3 Å². The van der Waals surface area contributed by atoms with Crippen molar-refractivity contribution >= 4 is 15.7 Å². The summed E-state index contributed by atoms with van der Waals surface area (Å²) in [7, 11) is -2.17. The highest BCUT2D eigenvalue weighted by Crippen LogP contribution is 2.28. The summed E-state index contributed by atoms with van der Waals surface area (Å²) < 4.78 is 31.4. The first kappa shape index (κ1) is 19.6. The lowest BCUT2D eigenvalue weighted by Crippen LogP contribution is -2.32. The average molecular weight is 396 g/mol. The van der Waals surface area contributed by atoms with Gasteiger partial charge in [-0.1, -0.05) is 24.3 Å². The molecule has 0 aliphatic carbocycles. The molecule has 0 fully saturated rings. The van der Waals surface area contributed by atoms with E-state index in [1.165, 1.54) is 6.20 Å². The molecule has 1 unspecified atom stereocenters. The van der Waals surface area contributed by atoms with Crippen molar-refractivity contribution in [3.63, 3.8) is 0 Å². The predicted molar refractivity (Wildman–Crippen MR) is 106 cm³/mol. The lowest BCUT2D eigenvalue weighted by molar-refractivity contribution is 0.0953. The molecule has 1 aromatic heterocycles. The molecule has 28 heavy (non-hydrogen) atoms. The quantitative estimate of drug-likeness (QED) is 0.663.